The Bertz CT molecular complexity index is 128. The first-order chi connectivity index (χ1) is 3.80. The van der Waals surface area contributed by atoms with E-state index in [4.69, 9.17) is 0 Å². The summed E-state index contributed by atoms with van der Waals surface area (Å²) in [5, 5.41) is 2.61. The van der Waals surface area contributed by atoms with E-state index < -0.39 is 0 Å². The van der Waals surface area contributed by atoms with Gasteiger partial charge in [0.25, 0.3) is 0 Å². The molecule has 1 amide bonds. The van der Waals surface area contributed by atoms with Gasteiger partial charge in [-0.25, -0.2) is 0 Å². The molecule has 1 aliphatic heterocycles. The van der Waals surface area contributed by atoms with E-state index in [0.29, 0.717) is 0 Å². The molecule has 1 rings (SSSR count). The van der Waals surface area contributed by atoms with E-state index in [1.165, 1.54) is 0 Å². The van der Waals surface area contributed by atoms with Crippen molar-refractivity contribution in [3.05, 3.63) is 12.3 Å². The third-order valence-corrected chi connectivity index (χ3v) is 1.28. The molecule has 1 unspecified atom stereocenters. The summed E-state index contributed by atoms with van der Waals surface area (Å²) in [5.41, 5.74) is 0. The average Bonchev–Trinajstić information content (AvgIpc) is 1.77. The number of nitrogens with one attached hydrogen (secondary N) is 1. The molecule has 2 nitrogen and oxygen atoms in total. The Morgan fingerprint density at radius 3 is 3.00 bits per heavy atom. The molecular formula is C6H9NO. The van der Waals surface area contributed by atoms with E-state index in [-0.39, 0.29) is 11.8 Å². The highest BCUT2D eigenvalue weighted by molar-refractivity contribution is 5.80. The minimum atomic E-state index is 0.132. The van der Waals surface area contributed by atoms with Gasteiger partial charge in [0.15, 0.2) is 0 Å². The van der Waals surface area contributed by atoms with Gasteiger partial charge in [-0.05, 0) is 12.6 Å². The van der Waals surface area contributed by atoms with E-state index in [2.05, 4.69) is 5.32 Å². The molecule has 1 atom stereocenters. The maximum absolute atomic E-state index is 10.6. The Kier molecular flexibility index (Phi) is 1.33. The van der Waals surface area contributed by atoms with E-state index in [1.54, 1.807) is 6.20 Å². The quantitative estimate of drug-likeness (QED) is 0.488. The predicted octanol–water partition coefficient (Wildman–Crippen LogP) is 0.656. The zero-order chi connectivity index (χ0) is 5.98. The first kappa shape index (κ1) is 5.35. The molecule has 0 spiro atoms. The van der Waals surface area contributed by atoms with Crippen LogP contribution in [0.15, 0.2) is 12.3 Å². The Labute approximate surface area is 48.6 Å². The third-order valence-electron chi connectivity index (χ3n) is 1.28. The largest absolute Gasteiger partial charge is 0.333 e. The maximum atomic E-state index is 10.6. The summed E-state index contributed by atoms with van der Waals surface area (Å²) >= 11 is 0. The topological polar surface area (TPSA) is 29.1 Å². The molecular weight excluding hydrogens is 102 g/mol. The molecule has 1 heterocycles. The fraction of sp³-hybridized carbons (Fsp3) is 0.500. The molecule has 0 saturated carbocycles. The number of hydrogen-bond donors (Lipinski definition) is 1. The summed E-state index contributed by atoms with van der Waals surface area (Å²) < 4.78 is 0. The summed E-state index contributed by atoms with van der Waals surface area (Å²) in [6, 6.07) is 0. The highest BCUT2D eigenvalue weighted by atomic mass is 16.1. The highest BCUT2D eigenvalue weighted by Crippen LogP contribution is 2.05. The second kappa shape index (κ2) is 1.99. The molecule has 1 aliphatic rings. The molecule has 1 N–H and O–H groups in total. The van der Waals surface area contributed by atoms with Crippen molar-refractivity contribution in [3.8, 4) is 0 Å². The lowest BCUT2D eigenvalue weighted by molar-refractivity contribution is -0.123. The number of carbonyl (C=O) groups excluding carboxylic acids is 1. The average molecular weight is 111 g/mol. The van der Waals surface area contributed by atoms with E-state index in [9.17, 15) is 4.79 Å². The number of hydrogen-bond acceptors (Lipinski definition) is 1. The van der Waals surface area contributed by atoms with Gasteiger partial charge in [-0.3, -0.25) is 4.79 Å². The second-order valence-electron chi connectivity index (χ2n) is 2.05. The molecule has 0 saturated heterocycles. The van der Waals surface area contributed by atoms with E-state index in [0.717, 1.165) is 6.42 Å². The molecule has 0 aromatic carbocycles. The Morgan fingerprint density at radius 2 is 2.62 bits per heavy atom. The lowest BCUT2D eigenvalue weighted by Crippen LogP contribution is -2.27. The van der Waals surface area contributed by atoms with Gasteiger partial charge < -0.3 is 5.32 Å². The van der Waals surface area contributed by atoms with Gasteiger partial charge >= 0.3 is 0 Å². The second-order valence-corrected chi connectivity index (χ2v) is 2.05. The summed E-state index contributed by atoms with van der Waals surface area (Å²) in [4.78, 5) is 10.6. The fourth-order valence-electron chi connectivity index (χ4n) is 0.663. The van der Waals surface area contributed by atoms with Gasteiger partial charge in [-0.1, -0.05) is 13.0 Å². The van der Waals surface area contributed by atoms with Crippen LogP contribution in [-0.2, 0) is 4.79 Å². The lowest BCUT2D eigenvalue weighted by Gasteiger charge is -2.10. The van der Waals surface area contributed by atoms with Gasteiger partial charge in [-0.2, -0.15) is 0 Å². The van der Waals surface area contributed by atoms with Gasteiger partial charge in [0.05, 0.1) is 0 Å². The Morgan fingerprint density at radius 1 is 1.88 bits per heavy atom. The lowest BCUT2D eigenvalue weighted by atomic mass is 10.1. The van der Waals surface area contributed by atoms with Crippen LogP contribution in [0.3, 0.4) is 0 Å². The molecule has 44 valence electrons. The molecule has 0 radical (unpaired) electrons. The normalized spacial score (nSPS) is 27.6. The van der Waals surface area contributed by atoms with E-state index >= 15 is 0 Å². The highest BCUT2D eigenvalue weighted by Gasteiger charge is 2.11. The maximum Gasteiger partial charge on any atom is 0.227 e. The van der Waals surface area contributed by atoms with Crippen LogP contribution in [0.4, 0.5) is 0 Å². The number of carbonyl (C=O) groups is 1. The van der Waals surface area contributed by atoms with Crippen molar-refractivity contribution in [1.82, 2.24) is 5.32 Å². The van der Waals surface area contributed by atoms with Crippen molar-refractivity contribution >= 4 is 5.91 Å². The zero-order valence-electron chi connectivity index (χ0n) is 4.85. The van der Waals surface area contributed by atoms with Gasteiger partial charge in [0.2, 0.25) is 5.91 Å². The number of allylic oxidation sites excluding steroid dienone is 1. The molecule has 0 aliphatic carbocycles. The zero-order valence-corrected chi connectivity index (χ0v) is 4.85. The van der Waals surface area contributed by atoms with Crippen LogP contribution in [0.5, 0.6) is 0 Å². The van der Waals surface area contributed by atoms with E-state index in [1.807, 2.05) is 13.0 Å². The minimum Gasteiger partial charge on any atom is -0.333 e. The summed E-state index contributed by atoms with van der Waals surface area (Å²) in [5.74, 6) is 0.299. The van der Waals surface area contributed by atoms with Crippen LogP contribution < -0.4 is 5.32 Å². The molecule has 0 fully saturated rings. The van der Waals surface area contributed by atoms with Crippen LogP contribution in [0, 0.1) is 5.92 Å². The monoisotopic (exact) mass is 111 g/mol. The minimum absolute atomic E-state index is 0.132. The summed E-state index contributed by atoms with van der Waals surface area (Å²) in [7, 11) is 0. The Hall–Kier alpha value is -0.790. The van der Waals surface area contributed by atoms with Crippen molar-refractivity contribution in [1.29, 1.82) is 0 Å². The van der Waals surface area contributed by atoms with Crippen LogP contribution >= 0.6 is 0 Å². The van der Waals surface area contributed by atoms with Crippen molar-refractivity contribution in [2.24, 2.45) is 5.92 Å². The van der Waals surface area contributed by atoms with Gasteiger partial charge in [-0.15, -0.1) is 0 Å². The van der Waals surface area contributed by atoms with Crippen molar-refractivity contribution < 1.29 is 4.79 Å². The van der Waals surface area contributed by atoms with Crippen molar-refractivity contribution in [2.45, 2.75) is 13.3 Å². The summed E-state index contributed by atoms with van der Waals surface area (Å²) in [6.07, 6.45) is 4.54. The molecule has 8 heavy (non-hydrogen) atoms. The first-order valence-electron chi connectivity index (χ1n) is 2.76. The molecule has 0 aromatic rings. The smallest absolute Gasteiger partial charge is 0.227 e. The van der Waals surface area contributed by atoms with Crippen molar-refractivity contribution in [2.75, 3.05) is 0 Å². The van der Waals surface area contributed by atoms with Gasteiger partial charge in [0.1, 0.15) is 0 Å². The van der Waals surface area contributed by atoms with Crippen LogP contribution in [0.25, 0.3) is 0 Å². The number of amides is 1. The fourth-order valence-corrected chi connectivity index (χ4v) is 0.663. The standard InChI is InChI=1S/C6H9NO/c1-5-3-2-4-7-6(5)8/h2,4-5H,3H2,1H3,(H,7,8). The molecule has 0 bridgehead atoms. The Balaban J connectivity index is 2.57. The van der Waals surface area contributed by atoms with Crippen LogP contribution in [-0.4, -0.2) is 5.91 Å². The summed E-state index contributed by atoms with van der Waals surface area (Å²) in [6.45, 7) is 1.92. The van der Waals surface area contributed by atoms with Crippen molar-refractivity contribution in [3.63, 3.8) is 0 Å². The molecule has 2 heteroatoms. The van der Waals surface area contributed by atoms with Crippen LogP contribution in [0.1, 0.15) is 13.3 Å². The van der Waals surface area contributed by atoms with Gasteiger partial charge in [0, 0.05) is 5.92 Å². The SMILES string of the molecule is CC1CC=CNC1=O. The third kappa shape index (κ3) is 0.886. The molecule has 0 aromatic heterocycles. The van der Waals surface area contributed by atoms with Crippen LogP contribution in [0.2, 0.25) is 0 Å². The predicted molar refractivity (Wildman–Crippen MR) is 31.1 cm³/mol. The number of rotatable bonds is 0. The first-order valence-corrected chi connectivity index (χ1v) is 2.76.